The van der Waals surface area contributed by atoms with Crippen LogP contribution in [0.2, 0.25) is 0 Å². The monoisotopic (exact) mass is 569 g/mol. The van der Waals surface area contributed by atoms with Gasteiger partial charge in [0.05, 0.1) is 35.9 Å². The summed E-state index contributed by atoms with van der Waals surface area (Å²) in [5.41, 5.74) is 4.69. The summed E-state index contributed by atoms with van der Waals surface area (Å²) in [6.45, 7) is 2.12. The minimum Gasteiger partial charge on any atom is -0.494 e. The number of sulfone groups is 1. The Kier molecular flexibility index (Phi) is 8.36. The van der Waals surface area contributed by atoms with Gasteiger partial charge in [-0.15, -0.1) is 0 Å². The first kappa shape index (κ1) is 28.9. The fourth-order valence-corrected chi connectivity index (χ4v) is 5.66. The van der Waals surface area contributed by atoms with Gasteiger partial charge in [0.1, 0.15) is 5.82 Å². The van der Waals surface area contributed by atoms with Gasteiger partial charge in [0.15, 0.2) is 21.4 Å². The molecule has 0 bridgehead atoms. The molecule has 4 aromatic rings. The normalized spacial score (nSPS) is 12.5. The van der Waals surface area contributed by atoms with E-state index in [1.165, 1.54) is 51.3 Å². The van der Waals surface area contributed by atoms with Crippen LogP contribution in [0.25, 0.3) is 11.1 Å². The third-order valence-corrected chi connectivity index (χ3v) is 8.89. The molecule has 2 N–H and O–H groups in total. The maximum Gasteiger partial charge on any atom is 0.331 e. The maximum atomic E-state index is 15.3. The van der Waals surface area contributed by atoms with Crippen molar-refractivity contribution in [2.24, 2.45) is 5.73 Å². The molecule has 0 aliphatic heterocycles. The van der Waals surface area contributed by atoms with Crippen LogP contribution in [0.4, 0.5) is 8.78 Å². The molecule has 210 valence electrons. The fraction of sp³-hybridized carbons (Fsp3) is 0.241. The van der Waals surface area contributed by atoms with Gasteiger partial charge in [-0.1, -0.05) is 48.5 Å². The number of ether oxygens (including phenoxy) is 1. The molecular formula is C29H29F2N3O5S. The predicted molar refractivity (Wildman–Crippen MR) is 148 cm³/mol. The second kappa shape index (κ2) is 11.6. The average molecular weight is 570 g/mol. The second-order valence-corrected chi connectivity index (χ2v) is 12.0. The van der Waals surface area contributed by atoms with Crippen LogP contribution in [-0.2, 0) is 22.9 Å². The number of halogens is 2. The molecule has 0 aliphatic rings. The number of hydrogen-bond acceptors (Lipinski definition) is 6. The lowest BCUT2D eigenvalue weighted by Gasteiger charge is -2.19. The van der Waals surface area contributed by atoms with E-state index in [1.807, 2.05) is 0 Å². The Labute approximate surface area is 230 Å². The molecule has 1 aromatic heterocycles. The molecule has 0 saturated heterocycles. The molecule has 8 nitrogen and oxygen atoms in total. The summed E-state index contributed by atoms with van der Waals surface area (Å²) >= 11 is 0. The standard InChI is InChI=1S/C29H29F2N3O5S/c1-18(2)40(37,38)26-14-8-12-23(30)22(26)16-33-15-21(20-11-7-13-25(39-3)27(20)31)28(35)34(29(33)36)17-24(32)19-9-5-4-6-10-19/h4-15,18,24H,16-17,32H2,1-3H3/t24-/m0/s1. The number of hydrogen-bond donors (Lipinski definition) is 1. The Morgan fingerprint density at radius 1 is 0.925 bits per heavy atom. The van der Waals surface area contributed by atoms with Crippen molar-refractivity contribution in [3.63, 3.8) is 0 Å². The van der Waals surface area contributed by atoms with Crippen LogP contribution in [0.1, 0.15) is 31.0 Å². The Balaban J connectivity index is 1.96. The van der Waals surface area contributed by atoms with Crippen molar-refractivity contribution >= 4 is 9.84 Å². The van der Waals surface area contributed by atoms with Crippen LogP contribution in [0.15, 0.2) is 87.4 Å². The van der Waals surface area contributed by atoms with E-state index in [-0.39, 0.29) is 33.9 Å². The van der Waals surface area contributed by atoms with E-state index in [4.69, 9.17) is 10.5 Å². The summed E-state index contributed by atoms with van der Waals surface area (Å²) in [7, 11) is -2.66. The van der Waals surface area contributed by atoms with Crippen LogP contribution in [0.5, 0.6) is 5.75 Å². The summed E-state index contributed by atoms with van der Waals surface area (Å²) in [5.74, 6) is -1.80. The molecule has 0 amide bonds. The molecule has 0 unspecified atom stereocenters. The van der Waals surface area contributed by atoms with E-state index in [0.29, 0.717) is 5.56 Å². The Hall–Kier alpha value is -4.09. The topological polar surface area (TPSA) is 113 Å². The fourth-order valence-electron chi connectivity index (χ4n) is 4.37. The minimum absolute atomic E-state index is 0.124. The molecule has 4 rings (SSSR count). The van der Waals surface area contributed by atoms with Crippen molar-refractivity contribution < 1.29 is 21.9 Å². The van der Waals surface area contributed by atoms with Crippen molar-refractivity contribution in [3.05, 3.63) is 117 Å². The Bertz CT molecular complexity index is 1770. The largest absolute Gasteiger partial charge is 0.494 e. The number of nitrogens with zero attached hydrogens (tertiary/aromatic N) is 2. The summed E-state index contributed by atoms with van der Waals surface area (Å²) in [5, 5.41) is -0.857. The maximum absolute atomic E-state index is 15.3. The van der Waals surface area contributed by atoms with Gasteiger partial charge in [-0.25, -0.2) is 22.0 Å². The van der Waals surface area contributed by atoms with Crippen molar-refractivity contribution in [3.8, 4) is 16.9 Å². The van der Waals surface area contributed by atoms with Gasteiger partial charge in [-0.05, 0) is 37.6 Å². The molecule has 0 radical (unpaired) electrons. The predicted octanol–water partition coefficient (Wildman–Crippen LogP) is 3.89. The van der Waals surface area contributed by atoms with E-state index < -0.39 is 50.6 Å². The zero-order chi connectivity index (χ0) is 29.2. The highest BCUT2D eigenvalue weighted by Gasteiger charge is 2.26. The zero-order valence-corrected chi connectivity index (χ0v) is 23.0. The Morgan fingerprint density at radius 2 is 1.60 bits per heavy atom. The molecule has 1 atom stereocenters. The lowest BCUT2D eigenvalue weighted by molar-refractivity contribution is 0.387. The first-order valence-electron chi connectivity index (χ1n) is 12.5. The first-order chi connectivity index (χ1) is 19.0. The van der Waals surface area contributed by atoms with Crippen molar-refractivity contribution in [2.75, 3.05) is 7.11 Å². The summed E-state index contributed by atoms with van der Waals surface area (Å²) in [6, 6.07) is 15.8. The minimum atomic E-state index is -3.93. The first-order valence-corrected chi connectivity index (χ1v) is 14.0. The third-order valence-electron chi connectivity index (χ3n) is 6.65. The van der Waals surface area contributed by atoms with Crippen LogP contribution >= 0.6 is 0 Å². The number of methoxy groups -OCH3 is 1. The van der Waals surface area contributed by atoms with Crippen molar-refractivity contribution in [2.45, 2.75) is 43.1 Å². The Morgan fingerprint density at radius 3 is 2.25 bits per heavy atom. The average Bonchev–Trinajstić information content (AvgIpc) is 2.94. The van der Waals surface area contributed by atoms with Gasteiger partial charge in [0.2, 0.25) is 0 Å². The van der Waals surface area contributed by atoms with E-state index in [2.05, 4.69) is 0 Å². The number of nitrogens with two attached hydrogens (primary N) is 1. The summed E-state index contributed by atoms with van der Waals surface area (Å²) in [4.78, 5) is 27.0. The lowest BCUT2D eigenvalue weighted by atomic mass is 10.1. The number of benzene rings is 3. The molecular weight excluding hydrogens is 540 g/mol. The lowest BCUT2D eigenvalue weighted by Crippen LogP contribution is -2.43. The smallest absolute Gasteiger partial charge is 0.331 e. The van der Waals surface area contributed by atoms with Crippen molar-refractivity contribution in [1.82, 2.24) is 9.13 Å². The molecule has 40 heavy (non-hydrogen) atoms. The van der Waals surface area contributed by atoms with Gasteiger partial charge < -0.3 is 10.5 Å². The third kappa shape index (κ3) is 5.47. The molecule has 0 spiro atoms. The van der Waals surface area contributed by atoms with Gasteiger partial charge in [0, 0.05) is 23.4 Å². The van der Waals surface area contributed by atoms with Gasteiger partial charge in [0.25, 0.3) is 5.56 Å². The molecule has 1 heterocycles. The van der Waals surface area contributed by atoms with E-state index in [1.54, 1.807) is 30.3 Å². The van der Waals surface area contributed by atoms with Gasteiger partial charge >= 0.3 is 5.69 Å². The van der Waals surface area contributed by atoms with Gasteiger partial charge in [-0.2, -0.15) is 0 Å². The number of rotatable bonds is 9. The zero-order valence-electron chi connectivity index (χ0n) is 22.2. The summed E-state index contributed by atoms with van der Waals surface area (Å²) in [6.07, 6.45) is 1.10. The SMILES string of the molecule is COc1cccc(-c2cn(Cc3c(F)cccc3S(=O)(=O)C(C)C)c(=O)n(C[C@H](N)c3ccccc3)c2=O)c1F. The molecule has 0 fully saturated rings. The van der Waals surface area contributed by atoms with E-state index in [9.17, 15) is 18.0 Å². The number of aromatic nitrogens is 2. The second-order valence-electron chi connectivity index (χ2n) is 9.52. The summed E-state index contributed by atoms with van der Waals surface area (Å²) < 4.78 is 63.3. The highest BCUT2D eigenvalue weighted by atomic mass is 32.2. The van der Waals surface area contributed by atoms with Crippen LogP contribution < -0.4 is 21.7 Å². The molecule has 0 aliphatic carbocycles. The quantitative estimate of drug-likeness (QED) is 0.327. The molecule has 0 saturated carbocycles. The van der Waals surface area contributed by atoms with E-state index >= 15 is 8.78 Å². The van der Waals surface area contributed by atoms with Gasteiger partial charge in [-0.3, -0.25) is 13.9 Å². The molecule has 3 aromatic carbocycles. The molecule has 11 heteroatoms. The van der Waals surface area contributed by atoms with Crippen LogP contribution in [0.3, 0.4) is 0 Å². The highest BCUT2D eigenvalue weighted by molar-refractivity contribution is 7.92. The highest BCUT2D eigenvalue weighted by Crippen LogP contribution is 2.28. The van der Waals surface area contributed by atoms with E-state index in [0.717, 1.165) is 21.4 Å². The van der Waals surface area contributed by atoms with Crippen LogP contribution in [0, 0.1) is 11.6 Å². The van der Waals surface area contributed by atoms with Crippen molar-refractivity contribution in [1.29, 1.82) is 0 Å². The van der Waals surface area contributed by atoms with Crippen LogP contribution in [-0.4, -0.2) is 29.9 Å².